The topological polar surface area (TPSA) is 28.2 Å². The molecule has 0 spiro atoms. The van der Waals surface area contributed by atoms with Gasteiger partial charge in [-0.1, -0.05) is 19.9 Å². The monoisotopic (exact) mass is 265 g/mol. The van der Waals surface area contributed by atoms with E-state index in [9.17, 15) is 0 Å². The van der Waals surface area contributed by atoms with Gasteiger partial charge in [0.2, 0.25) is 0 Å². The van der Waals surface area contributed by atoms with E-state index in [2.05, 4.69) is 54.0 Å². The van der Waals surface area contributed by atoms with E-state index in [1.807, 2.05) is 0 Å². The molecule has 2 rings (SSSR count). The largest absolute Gasteiger partial charge is 0.309 e. The lowest BCUT2D eigenvalue weighted by Gasteiger charge is -2.25. The Kier molecular flexibility index (Phi) is 5.47. The summed E-state index contributed by atoms with van der Waals surface area (Å²) in [6, 6.07) is 6.87. The van der Waals surface area contributed by atoms with Gasteiger partial charge in [0.1, 0.15) is 0 Å². The summed E-state index contributed by atoms with van der Waals surface area (Å²) in [7, 11) is 0. The Morgan fingerprint density at radius 2 is 2.00 bits per heavy atom. The first-order chi connectivity index (χ1) is 8.74. The van der Waals surface area contributed by atoms with E-state index in [1.165, 1.54) is 30.3 Å². The summed E-state index contributed by atoms with van der Waals surface area (Å²) in [4.78, 5) is 7.23. The van der Waals surface area contributed by atoms with Gasteiger partial charge in [0.05, 0.1) is 11.4 Å². The summed E-state index contributed by atoms with van der Waals surface area (Å²) in [5, 5.41) is 3.41. The first kappa shape index (κ1) is 13.8. The van der Waals surface area contributed by atoms with Gasteiger partial charge in [0.25, 0.3) is 0 Å². The van der Waals surface area contributed by atoms with E-state index >= 15 is 0 Å². The van der Waals surface area contributed by atoms with E-state index in [4.69, 9.17) is 4.98 Å². The third-order valence-electron chi connectivity index (χ3n) is 3.05. The average molecular weight is 265 g/mol. The second-order valence-electron chi connectivity index (χ2n) is 5.04. The molecule has 18 heavy (non-hydrogen) atoms. The van der Waals surface area contributed by atoms with Gasteiger partial charge < -0.3 is 5.32 Å². The number of nitrogens with zero attached hydrogens (tertiary/aromatic N) is 2. The molecule has 100 valence electrons. The predicted octanol–water partition coefficient (Wildman–Crippen LogP) is 2.13. The maximum absolute atomic E-state index is 4.73. The number of aromatic nitrogens is 1. The molecule has 0 unspecified atom stereocenters. The molecule has 0 radical (unpaired) electrons. The van der Waals surface area contributed by atoms with Crippen LogP contribution in [0.5, 0.6) is 0 Å². The Balaban J connectivity index is 1.89. The van der Waals surface area contributed by atoms with Crippen LogP contribution in [-0.2, 0) is 13.1 Å². The lowest BCUT2D eigenvalue weighted by molar-refractivity contribution is 0.290. The Bertz CT molecular complexity index is 362. The molecule has 0 aliphatic carbocycles. The van der Waals surface area contributed by atoms with Gasteiger partial charge in [-0.3, -0.25) is 9.88 Å². The summed E-state index contributed by atoms with van der Waals surface area (Å²) >= 11 is 2.05. The van der Waals surface area contributed by atoms with Crippen LogP contribution in [0.1, 0.15) is 25.2 Å². The van der Waals surface area contributed by atoms with Crippen molar-refractivity contribution < 1.29 is 0 Å². The van der Waals surface area contributed by atoms with Crippen molar-refractivity contribution >= 4 is 11.8 Å². The summed E-state index contributed by atoms with van der Waals surface area (Å²) in [6.07, 6.45) is 0. The Morgan fingerprint density at radius 1 is 1.28 bits per heavy atom. The minimum Gasteiger partial charge on any atom is -0.309 e. The van der Waals surface area contributed by atoms with Crippen molar-refractivity contribution in [1.29, 1.82) is 0 Å². The highest BCUT2D eigenvalue weighted by Crippen LogP contribution is 2.12. The lowest BCUT2D eigenvalue weighted by Crippen LogP contribution is -2.32. The van der Waals surface area contributed by atoms with Gasteiger partial charge in [-0.05, 0) is 12.1 Å². The van der Waals surface area contributed by atoms with E-state index in [0.29, 0.717) is 6.04 Å². The van der Waals surface area contributed by atoms with Crippen LogP contribution in [-0.4, -0.2) is 40.5 Å². The fourth-order valence-electron chi connectivity index (χ4n) is 2.01. The molecule has 1 fully saturated rings. The number of nitrogens with one attached hydrogen (secondary N) is 1. The molecule has 2 heterocycles. The highest BCUT2D eigenvalue weighted by atomic mass is 32.2. The zero-order valence-electron chi connectivity index (χ0n) is 11.4. The van der Waals surface area contributed by atoms with Gasteiger partial charge in [0.15, 0.2) is 0 Å². The third kappa shape index (κ3) is 4.59. The first-order valence-electron chi connectivity index (χ1n) is 6.72. The molecule has 0 atom stereocenters. The van der Waals surface area contributed by atoms with Crippen molar-refractivity contribution in [3.8, 4) is 0 Å². The number of hydrogen-bond donors (Lipinski definition) is 1. The third-order valence-corrected chi connectivity index (χ3v) is 3.99. The van der Waals surface area contributed by atoms with Crippen LogP contribution in [0.25, 0.3) is 0 Å². The maximum atomic E-state index is 4.73. The van der Waals surface area contributed by atoms with Crippen LogP contribution in [0.4, 0.5) is 0 Å². The van der Waals surface area contributed by atoms with Gasteiger partial charge >= 0.3 is 0 Å². The molecule has 1 aliphatic heterocycles. The second-order valence-corrected chi connectivity index (χ2v) is 6.27. The van der Waals surface area contributed by atoms with Gasteiger partial charge in [-0.2, -0.15) is 11.8 Å². The Hall–Kier alpha value is -0.580. The molecule has 1 aromatic heterocycles. The van der Waals surface area contributed by atoms with Gasteiger partial charge in [-0.25, -0.2) is 0 Å². The summed E-state index contributed by atoms with van der Waals surface area (Å²) in [5.41, 5.74) is 2.34. The molecule has 3 nitrogen and oxygen atoms in total. The minimum absolute atomic E-state index is 0.509. The smallest absolute Gasteiger partial charge is 0.0547 e. The molecule has 0 saturated carbocycles. The van der Waals surface area contributed by atoms with Crippen molar-refractivity contribution in [2.75, 3.05) is 24.6 Å². The first-order valence-corrected chi connectivity index (χ1v) is 7.88. The zero-order valence-corrected chi connectivity index (χ0v) is 12.2. The van der Waals surface area contributed by atoms with Crippen molar-refractivity contribution in [2.24, 2.45) is 0 Å². The zero-order chi connectivity index (χ0) is 12.8. The Morgan fingerprint density at radius 3 is 2.72 bits per heavy atom. The number of hydrogen-bond acceptors (Lipinski definition) is 4. The predicted molar refractivity (Wildman–Crippen MR) is 78.8 cm³/mol. The van der Waals surface area contributed by atoms with Crippen LogP contribution < -0.4 is 5.32 Å². The SMILES string of the molecule is CC(C)NCc1cccc(CN2CCSCC2)n1. The lowest BCUT2D eigenvalue weighted by atomic mass is 10.2. The standard InChI is InChI=1S/C14H23N3S/c1-12(2)15-10-13-4-3-5-14(16-13)11-17-6-8-18-9-7-17/h3-5,12,15H,6-11H2,1-2H3. The van der Waals surface area contributed by atoms with Crippen LogP contribution in [0.2, 0.25) is 0 Å². The fraction of sp³-hybridized carbons (Fsp3) is 0.643. The van der Waals surface area contributed by atoms with Crippen molar-refractivity contribution in [2.45, 2.75) is 33.0 Å². The molecular formula is C14H23N3S. The highest BCUT2D eigenvalue weighted by molar-refractivity contribution is 7.99. The van der Waals surface area contributed by atoms with Crippen molar-refractivity contribution in [3.63, 3.8) is 0 Å². The van der Waals surface area contributed by atoms with Crippen LogP contribution in [0.3, 0.4) is 0 Å². The molecule has 1 aromatic rings. The second kappa shape index (κ2) is 7.12. The quantitative estimate of drug-likeness (QED) is 0.883. The number of rotatable bonds is 5. The molecule has 4 heteroatoms. The number of thioether (sulfide) groups is 1. The molecule has 0 amide bonds. The molecular weight excluding hydrogens is 242 g/mol. The summed E-state index contributed by atoms with van der Waals surface area (Å²) in [6.45, 7) is 8.57. The van der Waals surface area contributed by atoms with Gasteiger partial charge in [0, 0.05) is 43.7 Å². The van der Waals surface area contributed by atoms with Crippen molar-refractivity contribution in [1.82, 2.24) is 15.2 Å². The summed E-state index contributed by atoms with van der Waals surface area (Å²) in [5.74, 6) is 2.52. The maximum Gasteiger partial charge on any atom is 0.0547 e. The van der Waals surface area contributed by atoms with Gasteiger partial charge in [-0.15, -0.1) is 0 Å². The molecule has 0 aromatic carbocycles. The fourth-order valence-corrected chi connectivity index (χ4v) is 2.99. The van der Waals surface area contributed by atoms with Crippen LogP contribution in [0, 0.1) is 0 Å². The summed E-state index contributed by atoms with van der Waals surface area (Å²) < 4.78 is 0. The van der Waals surface area contributed by atoms with Crippen molar-refractivity contribution in [3.05, 3.63) is 29.6 Å². The molecule has 1 saturated heterocycles. The van der Waals surface area contributed by atoms with Crippen LogP contribution in [0.15, 0.2) is 18.2 Å². The Labute approximate surface area is 114 Å². The van der Waals surface area contributed by atoms with E-state index < -0.39 is 0 Å². The normalized spacial score (nSPS) is 17.3. The van der Waals surface area contributed by atoms with E-state index in [-0.39, 0.29) is 0 Å². The van der Waals surface area contributed by atoms with Crippen LogP contribution >= 0.6 is 11.8 Å². The molecule has 1 aliphatic rings. The van der Waals surface area contributed by atoms with E-state index in [1.54, 1.807) is 0 Å². The molecule has 0 bridgehead atoms. The highest BCUT2D eigenvalue weighted by Gasteiger charge is 2.11. The number of pyridine rings is 1. The molecule has 1 N–H and O–H groups in total. The average Bonchev–Trinajstić information content (AvgIpc) is 2.38. The van der Waals surface area contributed by atoms with E-state index in [0.717, 1.165) is 18.8 Å². The minimum atomic E-state index is 0.509.